The highest BCUT2D eigenvalue weighted by atomic mass is 35.5. The van der Waals surface area contributed by atoms with Crippen molar-refractivity contribution in [1.82, 2.24) is 15.3 Å². The minimum atomic E-state index is -1.19. The van der Waals surface area contributed by atoms with Gasteiger partial charge in [-0.15, -0.1) is 0 Å². The second-order valence-electron chi connectivity index (χ2n) is 9.30. The SMILES string of the molecule is Cc1cc(C2C(C)C=NN2C)c2cccc(OCc3c(Cl)cc(F)cc3[C@H](C)NC(=O)[C@H](C)O)c2n1. The first-order chi connectivity index (χ1) is 17.1. The van der Waals surface area contributed by atoms with E-state index in [1.165, 1.54) is 19.1 Å². The number of benzene rings is 2. The van der Waals surface area contributed by atoms with Gasteiger partial charge in [-0.2, -0.15) is 5.10 Å². The zero-order valence-electron chi connectivity index (χ0n) is 20.9. The van der Waals surface area contributed by atoms with Crippen LogP contribution in [0.2, 0.25) is 5.02 Å². The number of carbonyl (C=O) groups is 1. The third kappa shape index (κ3) is 5.15. The molecule has 1 amide bonds. The number of hydrogen-bond donors (Lipinski definition) is 2. The van der Waals surface area contributed by atoms with Gasteiger partial charge < -0.3 is 15.2 Å². The number of carbonyl (C=O) groups excluding carboxylic acids is 1. The van der Waals surface area contributed by atoms with Crippen molar-refractivity contribution in [3.05, 3.63) is 69.6 Å². The number of nitrogens with one attached hydrogen (secondary N) is 1. The molecule has 1 aromatic heterocycles. The monoisotopic (exact) mass is 512 g/mol. The molecule has 9 heteroatoms. The van der Waals surface area contributed by atoms with Crippen LogP contribution in [0.3, 0.4) is 0 Å². The molecule has 0 bridgehead atoms. The van der Waals surface area contributed by atoms with Crippen LogP contribution in [0.4, 0.5) is 4.39 Å². The zero-order valence-corrected chi connectivity index (χ0v) is 21.7. The van der Waals surface area contributed by atoms with Crippen LogP contribution in [0.1, 0.15) is 55.2 Å². The van der Waals surface area contributed by atoms with Gasteiger partial charge in [0.05, 0.1) is 17.1 Å². The van der Waals surface area contributed by atoms with Gasteiger partial charge in [-0.05, 0) is 56.2 Å². The Morgan fingerprint density at radius 3 is 2.72 bits per heavy atom. The Kier molecular flexibility index (Phi) is 7.47. The number of aliphatic hydroxyl groups is 1. The molecule has 0 spiro atoms. The van der Waals surface area contributed by atoms with Crippen molar-refractivity contribution in [2.75, 3.05) is 7.05 Å². The number of rotatable bonds is 7. The van der Waals surface area contributed by atoms with E-state index in [-0.39, 0.29) is 23.6 Å². The second-order valence-corrected chi connectivity index (χ2v) is 9.70. The Labute approximate surface area is 214 Å². The lowest BCUT2D eigenvalue weighted by atomic mass is 9.92. The van der Waals surface area contributed by atoms with Gasteiger partial charge in [-0.1, -0.05) is 30.7 Å². The van der Waals surface area contributed by atoms with E-state index in [4.69, 9.17) is 21.3 Å². The molecule has 0 fully saturated rings. The van der Waals surface area contributed by atoms with Crippen LogP contribution in [0.25, 0.3) is 10.9 Å². The number of halogens is 2. The van der Waals surface area contributed by atoms with E-state index in [9.17, 15) is 14.3 Å². The first-order valence-corrected chi connectivity index (χ1v) is 12.2. The van der Waals surface area contributed by atoms with E-state index >= 15 is 0 Å². The molecule has 3 aromatic rings. The fourth-order valence-corrected chi connectivity index (χ4v) is 4.92. The lowest BCUT2D eigenvalue weighted by Crippen LogP contribution is -2.34. The van der Waals surface area contributed by atoms with Gasteiger partial charge in [0, 0.05) is 35.8 Å². The van der Waals surface area contributed by atoms with Crippen LogP contribution in [0.15, 0.2) is 41.5 Å². The molecule has 0 saturated carbocycles. The first kappa shape index (κ1) is 25.9. The van der Waals surface area contributed by atoms with Gasteiger partial charge in [0.2, 0.25) is 5.91 Å². The maximum atomic E-state index is 14.2. The number of hydrazone groups is 1. The topological polar surface area (TPSA) is 87.0 Å². The summed E-state index contributed by atoms with van der Waals surface area (Å²) in [6.45, 7) is 7.18. The lowest BCUT2D eigenvalue weighted by molar-refractivity contribution is -0.129. The summed E-state index contributed by atoms with van der Waals surface area (Å²) >= 11 is 6.41. The predicted molar refractivity (Wildman–Crippen MR) is 139 cm³/mol. The van der Waals surface area contributed by atoms with Crippen molar-refractivity contribution in [2.45, 2.75) is 52.5 Å². The van der Waals surface area contributed by atoms with Gasteiger partial charge in [0.25, 0.3) is 0 Å². The second kappa shape index (κ2) is 10.4. The third-order valence-electron chi connectivity index (χ3n) is 6.44. The average molecular weight is 513 g/mol. The van der Waals surface area contributed by atoms with E-state index in [1.54, 1.807) is 6.92 Å². The number of hydrogen-bond acceptors (Lipinski definition) is 6. The van der Waals surface area contributed by atoms with E-state index in [1.807, 2.05) is 43.4 Å². The van der Waals surface area contributed by atoms with Gasteiger partial charge in [-0.25, -0.2) is 9.37 Å². The molecule has 190 valence electrons. The molecular formula is C27H30ClFN4O3. The quantitative estimate of drug-likeness (QED) is 0.461. The van der Waals surface area contributed by atoms with Crippen LogP contribution in [-0.2, 0) is 11.4 Å². The van der Waals surface area contributed by atoms with E-state index in [2.05, 4.69) is 23.4 Å². The van der Waals surface area contributed by atoms with E-state index < -0.39 is 23.9 Å². The Morgan fingerprint density at radius 1 is 1.31 bits per heavy atom. The van der Waals surface area contributed by atoms with Crippen LogP contribution in [0, 0.1) is 18.7 Å². The van der Waals surface area contributed by atoms with Crippen LogP contribution >= 0.6 is 11.6 Å². The molecule has 0 aliphatic carbocycles. The van der Waals surface area contributed by atoms with Crippen molar-refractivity contribution < 1.29 is 19.0 Å². The maximum absolute atomic E-state index is 14.2. The van der Waals surface area contributed by atoms with Crippen molar-refractivity contribution in [1.29, 1.82) is 0 Å². The largest absolute Gasteiger partial charge is 0.487 e. The summed E-state index contributed by atoms with van der Waals surface area (Å²) in [4.78, 5) is 16.8. The summed E-state index contributed by atoms with van der Waals surface area (Å²) in [7, 11) is 1.96. The maximum Gasteiger partial charge on any atom is 0.249 e. The summed E-state index contributed by atoms with van der Waals surface area (Å²) in [5.41, 5.74) is 3.70. The van der Waals surface area contributed by atoms with Gasteiger partial charge in [0.15, 0.2) is 0 Å². The molecule has 36 heavy (non-hydrogen) atoms. The molecular weight excluding hydrogens is 483 g/mol. The lowest BCUT2D eigenvalue weighted by Gasteiger charge is -2.25. The number of fused-ring (bicyclic) bond motifs is 1. The van der Waals surface area contributed by atoms with Gasteiger partial charge >= 0.3 is 0 Å². The molecule has 1 aliphatic rings. The fourth-order valence-electron chi connectivity index (χ4n) is 4.66. The molecule has 4 atom stereocenters. The number of aromatic nitrogens is 1. The molecule has 2 heterocycles. The van der Waals surface area contributed by atoms with Crippen LogP contribution in [0.5, 0.6) is 5.75 Å². The van der Waals surface area contributed by atoms with E-state index in [0.717, 1.165) is 22.2 Å². The Balaban J connectivity index is 1.69. The number of pyridine rings is 1. The normalized spacial score (nSPS) is 18.9. The zero-order chi connectivity index (χ0) is 26.1. The number of nitrogens with zero attached hydrogens (tertiary/aromatic N) is 3. The summed E-state index contributed by atoms with van der Waals surface area (Å²) in [5.74, 6) is -0.283. The highest BCUT2D eigenvalue weighted by molar-refractivity contribution is 6.31. The molecule has 1 aliphatic heterocycles. The van der Waals surface area contributed by atoms with Crippen LogP contribution in [-0.4, -0.2) is 40.4 Å². The average Bonchev–Trinajstić information content (AvgIpc) is 3.15. The number of aryl methyl sites for hydroxylation is 1. The van der Waals surface area contributed by atoms with E-state index in [0.29, 0.717) is 16.9 Å². The van der Waals surface area contributed by atoms with Crippen LogP contribution < -0.4 is 10.1 Å². The van der Waals surface area contributed by atoms with Crippen molar-refractivity contribution in [3.8, 4) is 5.75 Å². The van der Waals surface area contributed by atoms with Crippen molar-refractivity contribution in [2.24, 2.45) is 11.0 Å². The summed E-state index contributed by atoms with van der Waals surface area (Å²) in [6, 6.07) is 9.88. The Hall–Kier alpha value is -3.23. The Morgan fingerprint density at radius 2 is 2.06 bits per heavy atom. The number of para-hydroxylation sites is 1. The molecule has 2 N–H and O–H groups in total. The molecule has 7 nitrogen and oxygen atoms in total. The third-order valence-corrected chi connectivity index (χ3v) is 6.77. The standard InChI is InChI=1S/C27H30ClFN4O3/c1-14-12-30-33(5)26(14)21-9-15(2)31-25-19(21)7-6-8-24(25)36-13-22-20(10-18(29)11-23(22)28)16(3)32-27(35)17(4)34/h6-12,14,16-17,26,34H,13H2,1-5H3,(H,32,35)/t14?,16-,17-,26?/m0/s1. The summed E-state index contributed by atoms with van der Waals surface area (Å²) in [6.07, 6.45) is 0.754. The van der Waals surface area contributed by atoms with Gasteiger partial charge in [-0.3, -0.25) is 9.80 Å². The fraction of sp³-hybridized carbons (Fsp3) is 0.370. The van der Waals surface area contributed by atoms with Crippen molar-refractivity contribution >= 4 is 34.6 Å². The molecule has 2 aromatic carbocycles. The van der Waals surface area contributed by atoms with Crippen molar-refractivity contribution in [3.63, 3.8) is 0 Å². The number of aliphatic hydroxyl groups excluding tert-OH is 1. The Bertz CT molecular complexity index is 1320. The molecule has 0 saturated heterocycles. The highest BCUT2D eigenvalue weighted by Crippen LogP contribution is 2.38. The minimum absolute atomic E-state index is 0.0379. The van der Waals surface area contributed by atoms with Gasteiger partial charge in [0.1, 0.15) is 29.8 Å². The highest BCUT2D eigenvalue weighted by Gasteiger charge is 2.29. The summed E-state index contributed by atoms with van der Waals surface area (Å²) in [5, 5.41) is 19.8. The predicted octanol–water partition coefficient (Wildman–Crippen LogP) is 5.08. The number of ether oxygens (including phenoxy) is 1. The molecule has 4 rings (SSSR count). The smallest absolute Gasteiger partial charge is 0.249 e. The number of amides is 1. The first-order valence-electron chi connectivity index (χ1n) is 11.8. The minimum Gasteiger partial charge on any atom is -0.487 e. The summed E-state index contributed by atoms with van der Waals surface area (Å²) < 4.78 is 20.4. The molecule has 0 radical (unpaired) electrons. The molecule has 2 unspecified atom stereocenters.